The third kappa shape index (κ3) is 4.05. The lowest BCUT2D eigenvalue weighted by molar-refractivity contribution is -0.123. The predicted molar refractivity (Wildman–Crippen MR) is 96.2 cm³/mol. The van der Waals surface area contributed by atoms with E-state index in [1.165, 1.54) is 4.68 Å². The number of amides is 1. The van der Waals surface area contributed by atoms with Crippen molar-refractivity contribution in [1.82, 2.24) is 15.1 Å². The van der Waals surface area contributed by atoms with Gasteiger partial charge in [-0.05, 0) is 43.4 Å². The number of benzene rings is 1. The fourth-order valence-corrected chi connectivity index (χ4v) is 3.23. The molecule has 0 atom stereocenters. The number of carbonyl (C=O) groups excluding carboxylic acids is 1. The van der Waals surface area contributed by atoms with Gasteiger partial charge in [0.15, 0.2) is 18.1 Å². The Balaban J connectivity index is 1.26. The van der Waals surface area contributed by atoms with Gasteiger partial charge in [-0.15, -0.1) is 0 Å². The number of hydrogen-bond acceptors (Lipinski definition) is 6. The van der Waals surface area contributed by atoms with Crippen LogP contribution in [0.15, 0.2) is 29.1 Å². The lowest BCUT2D eigenvalue weighted by atomic mass is 9.97. The van der Waals surface area contributed by atoms with Crippen molar-refractivity contribution < 1.29 is 19.0 Å². The van der Waals surface area contributed by atoms with Crippen LogP contribution < -0.4 is 25.1 Å². The van der Waals surface area contributed by atoms with Crippen molar-refractivity contribution >= 4 is 5.91 Å². The third-order valence-electron chi connectivity index (χ3n) is 4.63. The highest BCUT2D eigenvalue weighted by molar-refractivity contribution is 5.77. The van der Waals surface area contributed by atoms with Gasteiger partial charge in [0.05, 0.1) is 12.2 Å². The predicted octanol–water partition coefficient (Wildman–Crippen LogP) is 1.05. The molecule has 1 aromatic carbocycles. The fourth-order valence-electron chi connectivity index (χ4n) is 3.23. The fraction of sp³-hybridized carbons (Fsp3) is 0.421. The molecule has 2 aromatic rings. The molecular formula is C19H21N3O5. The molecule has 1 aromatic heterocycles. The maximum Gasteiger partial charge on any atom is 0.267 e. The minimum Gasteiger partial charge on any atom is -0.484 e. The summed E-state index contributed by atoms with van der Waals surface area (Å²) in [6.07, 6.45) is 4.04. The van der Waals surface area contributed by atoms with Crippen LogP contribution >= 0.6 is 0 Å². The van der Waals surface area contributed by atoms with Crippen LogP contribution in [-0.4, -0.2) is 35.6 Å². The molecule has 1 N–H and O–H groups in total. The molecule has 0 bridgehead atoms. The average Bonchev–Trinajstić information content (AvgIpc) is 3.14. The van der Waals surface area contributed by atoms with Crippen molar-refractivity contribution in [3.05, 3.63) is 45.9 Å². The highest BCUT2D eigenvalue weighted by Gasteiger charge is 2.15. The molecule has 0 saturated heterocycles. The van der Waals surface area contributed by atoms with Crippen molar-refractivity contribution in [2.75, 3.05) is 19.9 Å². The minimum absolute atomic E-state index is 0.119. The van der Waals surface area contributed by atoms with Crippen LogP contribution in [0.25, 0.3) is 0 Å². The van der Waals surface area contributed by atoms with E-state index in [4.69, 9.17) is 14.2 Å². The van der Waals surface area contributed by atoms with E-state index in [-0.39, 0.29) is 24.9 Å². The molecule has 1 aliphatic carbocycles. The number of rotatable bonds is 6. The molecule has 0 unspecified atom stereocenters. The number of aromatic nitrogens is 2. The molecule has 8 nitrogen and oxygen atoms in total. The van der Waals surface area contributed by atoms with Gasteiger partial charge in [0.2, 0.25) is 6.79 Å². The molecule has 0 saturated carbocycles. The molecule has 8 heteroatoms. The zero-order valence-corrected chi connectivity index (χ0v) is 14.9. The molecule has 0 spiro atoms. The van der Waals surface area contributed by atoms with E-state index < -0.39 is 0 Å². The molecule has 0 radical (unpaired) electrons. The first-order valence-corrected chi connectivity index (χ1v) is 9.08. The van der Waals surface area contributed by atoms with E-state index >= 15 is 0 Å². The summed E-state index contributed by atoms with van der Waals surface area (Å²) >= 11 is 0. The van der Waals surface area contributed by atoms with Crippen LogP contribution in [0.2, 0.25) is 0 Å². The molecule has 27 heavy (non-hydrogen) atoms. The largest absolute Gasteiger partial charge is 0.484 e. The molecule has 2 heterocycles. The number of ether oxygens (including phenoxy) is 3. The first-order chi connectivity index (χ1) is 13.2. The molecule has 4 rings (SSSR count). The van der Waals surface area contributed by atoms with Gasteiger partial charge in [0, 0.05) is 18.7 Å². The Bertz CT molecular complexity index is 909. The Labute approximate surface area is 156 Å². The number of aryl methyl sites for hydroxylation is 2. The van der Waals surface area contributed by atoms with Crippen molar-refractivity contribution in [2.24, 2.45) is 0 Å². The Morgan fingerprint density at radius 1 is 1.19 bits per heavy atom. The lowest BCUT2D eigenvalue weighted by Crippen LogP contribution is -2.35. The van der Waals surface area contributed by atoms with Crippen molar-refractivity contribution in [1.29, 1.82) is 0 Å². The zero-order chi connectivity index (χ0) is 18.6. The van der Waals surface area contributed by atoms with E-state index in [0.29, 0.717) is 30.3 Å². The Kier molecular flexibility index (Phi) is 4.95. The SMILES string of the molecule is O=C(COc1ccc2c(c1)OCO2)NCCn1nc2c(cc1=O)CCCC2. The second-order valence-electron chi connectivity index (χ2n) is 6.54. The van der Waals surface area contributed by atoms with Gasteiger partial charge in [0.1, 0.15) is 5.75 Å². The quantitative estimate of drug-likeness (QED) is 0.816. The maximum absolute atomic E-state index is 12.1. The topological polar surface area (TPSA) is 91.7 Å². The smallest absolute Gasteiger partial charge is 0.267 e. The summed E-state index contributed by atoms with van der Waals surface area (Å²) in [5.41, 5.74) is 1.93. The molecule has 142 valence electrons. The number of hydrogen-bond donors (Lipinski definition) is 1. The number of nitrogens with one attached hydrogen (secondary N) is 1. The lowest BCUT2D eigenvalue weighted by Gasteiger charge is -2.16. The van der Waals surface area contributed by atoms with E-state index in [1.54, 1.807) is 24.3 Å². The summed E-state index contributed by atoms with van der Waals surface area (Å²) in [6.45, 7) is 0.721. The van der Waals surface area contributed by atoms with Crippen molar-refractivity contribution in [2.45, 2.75) is 32.2 Å². The Hall–Kier alpha value is -3.03. The van der Waals surface area contributed by atoms with Crippen molar-refractivity contribution in [3.63, 3.8) is 0 Å². The van der Waals surface area contributed by atoms with E-state index in [2.05, 4.69) is 10.4 Å². The van der Waals surface area contributed by atoms with Gasteiger partial charge in [-0.2, -0.15) is 5.10 Å². The third-order valence-corrected chi connectivity index (χ3v) is 4.63. The highest BCUT2D eigenvalue weighted by atomic mass is 16.7. The first-order valence-electron chi connectivity index (χ1n) is 9.08. The van der Waals surface area contributed by atoms with Crippen LogP contribution in [0.4, 0.5) is 0 Å². The van der Waals surface area contributed by atoms with E-state index in [0.717, 1.165) is 36.9 Å². The van der Waals surface area contributed by atoms with Gasteiger partial charge < -0.3 is 19.5 Å². The summed E-state index contributed by atoms with van der Waals surface area (Å²) in [5, 5.41) is 7.17. The minimum atomic E-state index is -0.265. The summed E-state index contributed by atoms with van der Waals surface area (Å²) in [5.74, 6) is 1.53. The molecule has 1 aliphatic heterocycles. The summed E-state index contributed by atoms with van der Waals surface area (Å²) < 4.78 is 17.4. The number of nitrogens with zero attached hydrogens (tertiary/aromatic N) is 2. The second kappa shape index (κ2) is 7.69. The molecular weight excluding hydrogens is 350 g/mol. The van der Waals surface area contributed by atoms with Crippen LogP contribution in [-0.2, 0) is 24.2 Å². The Morgan fingerprint density at radius 3 is 2.96 bits per heavy atom. The van der Waals surface area contributed by atoms with Crippen LogP contribution in [0.3, 0.4) is 0 Å². The van der Waals surface area contributed by atoms with Crippen LogP contribution in [0.5, 0.6) is 17.2 Å². The standard InChI is InChI=1S/C19H21N3O5/c23-18(11-25-14-5-6-16-17(10-14)27-12-26-16)20-7-8-22-19(24)9-13-3-1-2-4-15(13)21-22/h5-6,9-10H,1-4,7-8,11-12H2,(H,20,23). The summed E-state index contributed by atoms with van der Waals surface area (Å²) in [4.78, 5) is 24.1. The van der Waals surface area contributed by atoms with E-state index in [9.17, 15) is 9.59 Å². The summed E-state index contributed by atoms with van der Waals surface area (Å²) in [6, 6.07) is 6.82. The Morgan fingerprint density at radius 2 is 2.04 bits per heavy atom. The van der Waals surface area contributed by atoms with Gasteiger partial charge in [-0.3, -0.25) is 9.59 Å². The van der Waals surface area contributed by atoms with Gasteiger partial charge in [-0.1, -0.05) is 0 Å². The monoisotopic (exact) mass is 371 g/mol. The first kappa shape index (κ1) is 17.4. The molecule has 2 aliphatic rings. The average molecular weight is 371 g/mol. The van der Waals surface area contributed by atoms with Crippen LogP contribution in [0, 0.1) is 0 Å². The maximum atomic E-state index is 12.1. The van der Waals surface area contributed by atoms with E-state index in [1.807, 2.05) is 0 Å². The normalized spacial score (nSPS) is 14.5. The second-order valence-corrected chi connectivity index (χ2v) is 6.54. The highest BCUT2D eigenvalue weighted by Crippen LogP contribution is 2.34. The van der Waals surface area contributed by atoms with Gasteiger partial charge in [0.25, 0.3) is 11.5 Å². The van der Waals surface area contributed by atoms with Crippen molar-refractivity contribution in [3.8, 4) is 17.2 Å². The molecule has 1 amide bonds. The zero-order valence-electron chi connectivity index (χ0n) is 14.9. The van der Waals surface area contributed by atoms with Gasteiger partial charge in [-0.25, -0.2) is 4.68 Å². The van der Waals surface area contributed by atoms with Crippen LogP contribution in [0.1, 0.15) is 24.1 Å². The number of carbonyl (C=O) groups is 1. The molecule has 0 fully saturated rings. The summed E-state index contributed by atoms with van der Waals surface area (Å²) in [7, 11) is 0. The van der Waals surface area contributed by atoms with Gasteiger partial charge >= 0.3 is 0 Å². The number of fused-ring (bicyclic) bond motifs is 2.